The van der Waals surface area contributed by atoms with E-state index in [4.69, 9.17) is 9.47 Å². The molecule has 0 fully saturated rings. The highest BCUT2D eigenvalue weighted by molar-refractivity contribution is 5.51. The zero-order chi connectivity index (χ0) is 10.1. The van der Waals surface area contributed by atoms with Gasteiger partial charge in [0.15, 0.2) is 0 Å². The lowest BCUT2D eigenvalue weighted by Gasteiger charge is -2.13. The maximum Gasteiger partial charge on any atom is 0.129 e. The molecule has 0 aliphatic carbocycles. The van der Waals surface area contributed by atoms with Gasteiger partial charge in [0.25, 0.3) is 0 Å². The first-order valence-electron chi connectivity index (χ1n) is 5.10. The highest BCUT2D eigenvalue weighted by Gasteiger charge is 2.19. The van der Waals surface area contributed by atoms with Gasteiger partial charge in [0.1, 0.15) is 11.5 Å². The van der Waals surface area contributed by atoms with E-state index in [2.05, 4.69) is 13.0 Å². The summed E-state index contributed by atoms with van der Waals surface area (Å²) in [6.45, 7) is 6.95. The Morgan fingerprint density at radius 1 is 1.36 bits per heavy atom. The van der Waals surface area contributed by atoms with E-state index in [9.17, 15) is 0 Å². The third-order valence-electron chi connectivity index (χ3n) is 2.38. The van der Waals surface area contributed by atoms with E-state index in [1.165, 1.54) is 11.1 Å². The Bertz CT molecular complexity index is 342. The number of ether oxygens (including phenoxy) is 2. The number of aryl methyl sites for hydroxylation is 1. The van der Waals surface area contributed by atoms with Crippen molar-refractivity contribution in [3.63, 3.8) is 0 Å². The zero-order valence-electron chi connectivity index (χ0n) is 8.96. The SMILES string of the molecule is Cc1ccc(OC(C)C)c2c1OCC2. The van der Waals surface area contributed by atoms with Crippen LogP contribution in [0.1, 0.15) is 25.0 Å². The van der Waals surface area contributed by atoms with Crippen molar-refractivity contribution in [1.29, 1.82) is 0 Å². The van der Waals surface area contributed by atoms with E-state index in [0.29, 0.717) is 0 Å². The van der Waals surface area contributed by atoms with Crippen molar-refractivity contribution in [3.05, 3.63) is 23.3 Å². The van der Waals surface area contributed by atoms with Crippen LogP contribution in [-0.2, 0) is 6.42 Å². The molecule has 1 aliphatic heterocycles. The van der Waals surface area contributed by atoms with Crippen LogP contribution < -0.4 is 9.47 Å². The molecule has 0 bridgehead atoms. The van der Waals surface area contributed by atoms with Crippen LogP contribution in [0.15, 0.2) is 12.1 Å². The summed E-state index contributed by atoms with van der Waals surface area (Å²) in [4.78, 5) is 0. The molecule has 0 atom stereocenters. The molecule has 0 aromatic heterocycles. The van der Waals surface area contributed by atoms with Gasteiger partial charge in [0.2, 0.25) is 0 Å². The predicted octanol–water partition coefficient (Wildman–Crippen LogP) is 2.72. The highest BCUT2D eigenvalue weighted by atomic mass is 16.5. The quantitative estimate of drug-likeness (QED) is 0.717. The van der Waals surface area contributed by atoms with Crippen molar-refractivity contribution >= 4 is 0 Å². The maximum atomic E-state index is 5.73. The molecule has 0 amide bonds. The summed E-state index contributed by atoms with van der Waals surface area (Å²) in [5.74, 6) is 2.02. The highest BCUT2D eigenvalue weighted by Crippen LogP contribution is 2.36. The second-order valence-electron chi connectivity index (χ2n) is 3.95. The molecule has 0 saturated carbocycles. The molecule has 1 heterocycles. The van der Waals surface area contributed by atoms with Gasteiger partial charge in [-0.1, -0.05) is 6.07 Å². The summed E-state index contributed by atoms with van der Waals surface area (Å²) >= 11 is 0. The summed E-state index contributed by atoms with van der Waals surface area (Å²) in [7, 11) is 0. The van der Waals surface area contributed by atoms with Crippen LogP contribution in [0, 0.1) is 6.92 Å². The van der Waals surface area contributed by atoms with Gasteiger partial charge >= 0.3 is 0 Å². The van der Waals surface area contributed by atoms with E-state index in [1.807, 2.05) is 19.9 Å². The fraction of sp³-hybridized carbons (Fsp3) is 0.500. The maximum absolute atomic E-state index is 5.73. The molecule has 1 aliphatic rings. The molecule has 0 radical (unpaired) electrons. The molecule has 0 unspecified atom stereocenters. The number of hydrogen-bond acceptors (Lipinski definition) is 2. The Kier molecular flexibility index (Phi) is 2.36. The third kappa shape index (κ3) is 1.57. The van der Waals surface area contributed by atoms with Crippen molar-refractivity contribution in [2.75, 3.05) is 6.61 Å². The molecule has 2 nitrogen and oxygen atoms in total. The molecule has 1 aromatic rings. The van der Waals surface area contributed by atoms with Gasteiger partial charge in [-0.15, -0.1) is 0 Å². The first kappa shape index (κ1) is 9.38. The Morgan fingerprint density at radius 3 is 2.86 bits per heavy atom. The minimum atomic E-state index is 0.224. The summed E-state index contributed by atoms with van der Waals surface area (Å²) in [6.07, 6.45) is 1.20. The van der Waals surface area contributed by atoms with Gasteiger partial charge in [0.05, 0.1) is 12.7 Å². The number of rotatable bonds is 2. The molecule has 2 heteroatoms. The second kappa shape index (κ2) is 3.52. The first-order valence-corrected chi connectivity index (χ1v) is 5.10. The third-order valence-corrected chi connectivity index (χ3v) is 2.38. The summed E-state index contributed by atoms with van der Waals surface area (Å²) in [6, 6.07) is 4.10. The minimum absolute atomic E-state index is 0.224. The second-order valence-corrected chi connectivity index (χ2v) is 3.95. The summed E-state index contributed by atoms with van der Waals surface area (Å²) in [5, 5.41) is 0. The fourth-order valence-electron chi connectivity index (χ4n) is 1.78. The van der Waals surface area contributed by atoms with Crippen LogP contribution in [0.25, 0.3) is 0 Å². The molecule has 0 spiro atoms. The van der Waals surface area contributed by atoms with E-state index >= 15 is 0 Å². The van der Waals surface area contributed by atoms with E-state index in [0.717, 1.165) is 24.5 Å². The average Bonchev–Trinajstić information content (AvgIpc) is 2.58. The summed E-state index contributed by atoms with van der Waals surface area (Å²) in [5.41, 5.74) is 2.44. The fourth-order valence-corrected chi connectivity index (χ4v) is 1.78. The van der Waals surface area contributed by atoms with Crippen LogP contribution in [0.3, 0.4) is 0 Å². The van der Waals surface area contributed by atoms with Gasteiger partial charge in [0, 0.05) is 12.0 Å². The molecule has 2 rings (SSSR count). The summed E-state index contributed by atoms with van der Waals surface area (Å²) < 4.78 is 11.3. The molecule has 1 aromatic carbocycles. The average molecular weight is 192 g/mol. The largest absolute Gasteiger partial charge is 0.493 e. The van der Waals surface area contributed by atoms with Crippen LogP contribution in [0.2, 0.25) is 0 Å². The smallest absolute Gasteiger partial charge is 0.129 e. The minimum Gasteiger partial charge on any atom is -0.493 e. The van der Waals surface area contributed by atoms with Gasteiger partial charge in [-0.25, -0.2) is 0 Å². The number of fused-ring (bicyclic) bond motifs is 1. The van der Waals surface area contributed by atoms with Crippen LogP contribution >= 0.6 is 0 Å². The monoisotopic (exact) mass is 192 g/mol. The van der Waals surface area contributed by atoms with E-state index in [-0.39, 0.29) is 6.10 Å². The van der Waals surface area contributed by atoms with Gasteiger partial charge in [-0.3, -0.25) is 0 Å². The van der Waals surface area contributed by atoms with Gasteiger partial charge < -0.3 is 9.47 Å². The molecule has 76 valence electrons. The standard InChI is InChI=1S/C12H16O2/c1-8(2)14-11-5-4-9(3)12-10(11)6-7-13-12/h4-5,8H,6-7H2,1-3H3. The molecule has 0 N–H and O–H groups in total. The Balaban J connectivity index is 2.38. The molecular weight excluding hydrogens is 176 g/mol. The van der Waals surface area contributed by atoms with Crippen molar-refractivity contribution in [2.24, 2.45) is 0 Å². The van der Waals surface area contributed by atoms with Gasteiger partial charge in [-0.05, 0) is 32.4 Å². The Morgan fingerprint density at radius 2 is 2.14 bits per heavy atom. The van der Waals surface area contributed by atoms with Crippen LogP contribution in [0.4, 0.5) is 0 Å². The number of benzene rings is 1. The number of hydrogen-bond donors (Lipinski definition) is 0. The normalized spacial score (nSPS) is 14.0. The zero-order valence-corrected chi connectivity index (χ0v) is 8.96. The van der Waals surface area contributed by atoms with Crippen LogP contribution in [-0.4, -0.2) is 12.7 Å². The lowest BCUT2D eigenvalue weighted by Crippen LogP contribution is -2.07. The van der Waals surface area contributed by atoms with Crippen molar-refractivity contribution < 1.29 is 9.47 Å². The van der Waals surface area contributed by atoms with E-state index in [1.54, 1.807) is 0 Å². The Labute approximate surface area is 84.8 Å². The lowest BCUT2D eigenvalue weighted by atomic mass is 10.1. The first-order chi connectivity index (χ1) is 6.68. The van der Waals surface area contributed by atoms with Crippen LogP contribution in [0.5, 0.6) is 11.5 Å². The Hall–Kier alpha value is -1.18. The van der Waals surface area contributed by atoms with E-state index < -0.39 is 0 Å². The van der Waals surface area contributed by atoms with Crippen molar-refractivity contribution in [1.82, 2.24) is 0 Å². The van der Waals surface area contributed by atoms with Crippen molar-refractivity contribution in [2.45, 2.75) is 33.3 Å². The molecule has 0 saturated heterocycles. The van der Waals surface area contributed by atoms with Gasteiger partial charge in [-0.2, -0.15) is 0 Å². The molecule has 14 heavy (non-hydrogen) atoms. The predicted molar refractivity (Wildman–Crippen MR) is 56.1 cm³/mol. The molecular formula is C12H16O2. The topological polar surface area (TPSA) is 18.5 Å². The lowest BCUT2D eigenvalue weighted by molar-refractivity contribution is 0.240. The van der Waals surface area contributed by atoms with Crippen molar-refractivity contribution in [3.8, 4) is 11.5 Å².